The molecule has 0 N–H and O–H groups in total. The molecule has 0 amide bonds. The largest absolute Gasteiger partial charge is 0.438 e. The molecular weight excluding hydrogens is 360 g/mol. The van der Waals surface area contributed by atoms with Crippen LogP contribution in [0.5, 0.6) is 0 Å². The van der Waals surface area contributed by atoms with Gasteiger partial charge >= 0.3 is 11.9 Å². The van der Waals surface area contributed by atoms with Gasteiger partial charge in [0.05, 0.1) is 13.2 Å². The standard InChI is InChI=1S/C22H42O6/c1-3-5-7-13-17-25-19-27-21(23)15-11-9-10-12-16-22(24)28-20-26-18-14-8-6-4-2/h3-20H2,1-2H3. The second-order valence-electron chi connectivity index (χ2n) is 7.12. The van der Waals surface area contributed by atoms with Crippen molar-refractivity contribution in [1.29, 1.82) is 0 Å². The molecule has 0 bridgehead atoms. The Hall–Kier alpha value is -1.14. The van der Waals surface area contributed by atoms with E-state index in [1.165, 1.54) is 25.7 Å². The summed E-state index contributed by atoms with van der Waals surface area (Å²) in [5.41, 5.74) is 0. The summed E-state index contributed by atoms with van der Waals surface area (Å²) >= 11 is 0. The van der Waals surface area contributed by atoms with Crippen LogP contribution in [-0.4, -0.2) is 38.7 Å². The SMILES string of the molecule is CCCCCCOCOC(=O)CCCCCCC(=O)OCOCCCCCC. The highest BCUT2D eigenvalue weighted by atomic mass is 16.7. The molecule has 28 heavy (non-hydrogen) atoms. The fourth-order valence-electron chi connectivity index (χ4n) is 2.63. The molecule has 0 atom stereocenters. The Kier molecular flexibility index (Phi) is 21.3. The predicted octanol–water partition coefficient (Wildman–Crippen LogP) is 5.52. The van der Waals surface area contributed by atoms with Crippen LogP contribution in [0.15, 0.2) is 0 Å². The van der Waals surface area contributed by atoms with Crippen molar-refractivity contribution in [3.63, 3.8) is 0 Å². The fourth-order valence-corrected chi connectivity index (χ4v) is 2.63. The lowest BCUT2D eigenvalue weighted by molar-refractivity contribution is -0.157. The summed E-state index contributed by atoms with van der Waals surface area (Å²) in [6, 6.07) is 0. The average molecular weight is 403 g/mol. The summed E-state index contributed by atoms with van der Waals surface area (Å²) in [7, 11) is 0. The van der Waals surface area contributed by atoms with Gasteiger partial charge in [-0.3, -0.25) is 9.59 Å². The molecule has 0 rings (SSSR count). The Balaban J connectivity index is 3.28. The van der Waals surface area contributed by atoms with Gasteiger partial charge in [-0.15, -0.1) is 0 Å². The molecule has 0 aliphatic rings. The topological polar surface area (TPSA) is 71.1 Å². The summed E-state index contributed by atoms with van der Waals surface area (Å²) in [5, 5.41) is 0. The minimum Gasteiger partial charge on any atom is -0.438 e. The van der Waals surface area contributed by atoms with Crippen LogP contribution in [0, 0.1) is 0 Å². The molecule has 0 saturated heterocycles. The molecule has 0 aliphatic carbocycles. The maximum absolute atomic E-state index is 11.6. The Bertz CT molecular complexity index is 325. The minimum absolute atomic E-state index is 0.0530. The Morgan fingerprint density at radius 1 is 0.536 bits per heavy atom. The van der Waals surface area contributed by atoms with Crippen molar-refractivity contribution in [2.45, 2.75) is 104 Å². The number of hydrogen-bond donors (Lipinski definition) is 0. The first kappa shape index (κ1) is 26.9. The lowest BCUT2D eigenvalue weighted by Crippen LogP contribution is -2.09. The highest BCUT2D eigenvalue weighted by Gasteiger charge is 2.05. The molecule has 0 aromatic heterocycles. The molecule has 6 heteroatoms. The van der Waals surface area contributed by atoms with Gasteiger partial charge < -0.3 is 18.9 Å². The molecule has 6 nitrogen and oxygen atoms in total. The lowest BCUT2D eigenvalue weighted by atomic mass is 10.1. The zero-order valence-electron chi connectivity index (χ0n) is 18.2. The monoisotopic (exact) mass is 402 g/mol. The van der Waals surface area contributed by atoms with E-state index in [1.807, 2.05) is 0 Å². The van der Waals surface area contributed by atoms with Crippen LogP contribution in [0.2, 0.25) is 0 Å². The first-order chi connectivity index (χ1) is 13.7. The van der Waals surface area contributed by atoms with Crippen LogP contribution in [-0.2, 0) is 28.5 Å². The molecule has 166 valence electrons. The Morgan fingerprint density at radius 3 is 1.32 bits per heavy atom. The Morgan fingerprint density at radius 2 is 0.929 bits per heavy atom. The van der Waals surface area contributed by atoms with Gasteiger partial charge in [-0.05, 0) is 25.7 Å². The van der Waals surface area contributed by atoms with Crippen LogP contribution >= 0.6 is 0 Å². The molecule has 0 unspecified atom stereocenters. The van der Waals surface area contributed by atoms with Crippen molar-refractivity contribution < 1.29 is 28.5 Å². The van der Waals surface area contributed by atoms with E-state index in [4.69, 9.17) is 18.9 Å². The molecule has 0 saturated carbocycles. The van der Waals surface area contributed by atoms with E-state index in [0.29, 0.717) is 26.1 Å². The summed E-state index contributed by atoms with van der Waals surface area (Å²) in [6.45, 7) is 5.73. The maximum Gasteiger partial charge on any atom is 0.307 e. The average Bonchev–Trinajstić information content (AvgIpc) is 2.69. The summed E-state index contributed by atoms with van der Waals surface area (Å²) in [6.07, 6.45) is 13.3. The maximum atomic E-state index is 11.6. The number of carbonyl (C=O) groups is 2. The molecule has 0 aromatic rings. The number of carbonyl (C=O) groups excluding carboxylic acids is 2. The van der Waals surface area contributed by atoms with E-state index in [1.54, 1.807) is 0 Å². The lowest BCUT2D eigenvalue weighted by Gasteiger charge is -2.07. The normalized spacial score (nSPS) is 10.8. The van der Waals surface area contributed by atoms with Crippen LogP contribution in [0.25, 0.3) is 0 Å². The molecular formula is C22H42O6. The van der Waals surface area contributed by atoms with Gasteiger partial charge in [0.1, 0.15) is 0 Å². The van der Waals surface area contributed by atoms with E-state index in [9.17, 15) is 9.59 Å². The quantitative estimate of drug-likeness (QED) is 0.143. The molecule has 0 fully saturated rings. The van der Waals surface area contributed by atoms with Crippen molar-refractivity contribution in [3.05, 3.63) is 0 Å². The van der Waals surface area contributed by atoms with Crippen molar-refractivity contribution in [2.24, 2.45) is 0 Å². The summed E-state index contributed by atoms with van der Waals surface area (Å²) < 4.78 is 20.6. The highest BCUT2D eigenvalue weighted by molar-refractivity contribution is 5.69. The zero-order valence-corrected chi connectivity index (χ0v) is 18.2. The second-order valence-corrected chi connectivity index (χ2v) is 7.12. The molecule has 0 aromatic carbocycles. The van der Waals surface area contributed by atoms with E-state index < -0.39 is 0 Å². The van der Waals surface area contributed by atoms with Gasteiger partial charge in [-0.1, -0.05) is 65.2 Å². The van der Waals surface area contributed by atoms with E-state index in [2.05, 4.69) is 13.8 Å². The number of rotatable bonds is 21. The molecule has 0 radical (unpaired) electrons. The van der Waals surface area contributed by atoms with Gasteiger partial charge in [0.25, 0.3) is 0 Å². The second kappa shape index (κ2) is 22.2. The fraction of sp³-hybridized carbons (Fsp3) is 0.909. The predicted molar refractivity (Wildman–Crippen MR) is 110 cm³/mol. The van der Waals surface area contributed by atoms with Gasteiger partial charge in [0.2, 0.25) is 0 Å². The molecule has 0 heterocycles. The van der Waals surface area contributed by atoms with Crippen molar-refractivity contribution >= 4 is 11.9 Å². The molecule has 0 spiro atoms. The van der Waals surface area contributed by atoms with Gasteiger partial charge in [-0.25, -0.2) is 0 Å². The third kappa shape index (κ3) is 21.2. The van der Waals surface area contributed by atoms with Crippen molar-refractivity contribution in [2.75, 3.05) is 26.8 Å². The first-order valence-electron chi connectivity index (χ1n) is 11.2. The number of unbranched alkanes of at least 4 members (excludes halogenated alkanes) is 9. The van der Waals surface area contributed by atoms with Crippen molar-refractivity contribution in [3.8, 4) is 0 Å². The smallest absolute Gasteiger partial charge is 0.307 e. The van der Waals surface area contributed by atoms with E-state index in [-0.39, 0.29) is 25.5 Å². The molecule has 0 aliphatic heterocycles. The van der Waals surface area contributed by atoms with Crippen LogP contribution < -0.4 is 0 Å². The third-order valence-corrected chi connectivity index (χ3v) is 4.40. The van der Waals surface area contributed by atoms with Crippen molar-refractivity contribution in [1.82, 2.24) is 0 Å². The van der Waals surface area contributed by atoms with E-state index in [0.717, 1.165) is 51.4 Å². The summed E-state index contributed by atoms with van der Waals surface area (Å²) in [5.74, 6) is -0.437. The first-order valence-corrected chi connectivity index (χ1v) is 11.2. The summed E-state index contributed by atoms with van der Waals surface area (Å²) in [4.78, 5) is 23.1. The van der Waals surface area contributed by atoms with Gasteiger partial charge in [-0.2, -0.15) is 0 Å². The number of ether oxygens (including phenoxy) is 4. The zero-order chi connectivity index (χ0) is 20.7. The van der Waals surface area contributed by atoms with Crippen LogP contribution in [0.4, 0.5) is 0 Å². The van der Waals surface area contributed by atoms with Gasteiger partial charge in [0, 0.05) is 12.8 Å². The van der Waals surface area contributed by atoms with Crippen LogP contribution in [0.3, 0.4) is 0 Å². The number of hydrogen-bond acceptors (Lipinski definition) is 6. The Labute approximate surface area is 171 Å². The minimum atomic E-state index is -0.218. The highest BCUT2D eigenvalue weighted by Crippen LogP contribution is 2.07. The van der Waals surface area contributed by atoms with Gasteiger partial charge in [0.15, 0.2) is 13.6 Å². The van der Waals surface area contributed by atoms with E-state index >= 15 is 0 Å². The van der Waals surface area contributed by atoms with Crippen LogP contribution in [0.1, 0.15) is 104 Å². The number of esters is 2. The third-order valence-electron chi connectivity index (χ3n) is 4.40.